The number of aliphatic hydroxyl groups excluding tert-OH is 3. The monoisotopic (exact) mass is 510 g/mol. The molecule has 4 rings (SSSR count). The fraction of sp³-hybridized carbons (Fsp3) is 0.852. The van der Waals surface area contributed by atoms with E-state index in [1.807, 2.05) is 20.8 Å². The summed E-state index contributed by atoms with van der Waals surface area (Å²) in [5.74, 6) is -1.52. The first-order chi connectivity index (χ1) is 16.9. The molecule has 36 heavy (non-hydrogen) atoms. The Kier molecular flexibility index (Phi) is 7.74. The molecule has 4 N–H and O–H groups in total. The third-order valence-corrected chi connectivity index (χ3v) is 9.81. The Morgan fingerprint density at radius 1 is 1.22 bits per heavy atom. The highest BCUT2D eigenvalue weighted by Gasteiger charge is 2.71. The van der Waals surface area contributed by atoms with Crippen LogP contribution in [0, 0.1) is 40.4 Å². The summed E-state index contributed by atoms with van der Waals surface area (Å²) < 4.78 is 16.8. The summed E-state index contributed by atoms with van der Waals surface area (Å²) >= 11 is 0. The number of carbonyl (C=O) groups is 2. The highest BCUT2D eigenvalue weighted by molar-refractivity contribution is 5.88. The minimum atomic E-state index is -1.28. The Labute approximate surface area is 212 Å². The van der Waals surface area contributed by atoms with E-state index in [1.54, 1.807) is 6.92 Å². The molecule has 2 saturated carbocycles. The number of methoxy groups -OCH3 is 1. The number of hydrogen-bond donors (Lipinski definition) is 4. The van der Waals surface area contributed by atoms with Crippen molar-refractivity contribution in [2.24, 2.45) is 40.4 Å². The van der Waals surface area contributed by atoms with E-state index in [2.05, 4.69) is 6.08 Å². The summed E-state index contributed by atoms with van der Waals surface area (Å²) in [5.41, 5.74) is -1.51. The lowest BCUT2D eigenvalue weighted by atomic mass is 9.52. The van der Waals surface area contributed by atoms with E-state index >= 15 is 0 Å². The predicted molar refractivity (Wildman–Crippen MR) is 129 cm³/mol. The van der Waals surface area contributed by atoms with Gasteiger partial charge in [0, 0.05) is 12.5 Å². The fourth-order valence-electron chi connectivity index (χ4n) is 8.11. The summed E-state index contributed by atoms with van der Waals surface area (Å²) in [5, 5.41) is 42.2. The minimum Gasteiger partial charge on any atom is -0.481 e. The SMILES string of the molecule is COC1C(C)OC(OCCC2C(C)C(O)CC2C2(C=O)C[C@@H]3C=C(C(C)C)[C@@]2(C(=O)O)C3)C(O)C1O. The number of ether oxygens (including phenoxy) is 3. The first-order valence-electron chi connectivity index (χ1n) is 13.2. The number of fused-ring (bicyclic) bond motifs is 2. The Morgan fingerprint density at radius 2 is 1.92 bits per heavy atom. The molecule has 0 amide bonds. The van der Waals surface area contributed by atoms with Crippen LogP contribution in [-0.4, -0.2) is 83.2 Å². The van der Waals surface area contributed by atoms with Crippen molar-refractivity contribution in [3.05, 3.63) is 11.6 Å². The molecule has 1 saturated heterocycles. The molecule has 9 heteroatoms. The number of hydrogen-bond acceptors (Lipinski definition) is 8. The van der Waals surface area contributed by atoms with Crippen LogP contribution in [0.25, 0.3) is 0 Å². The number of allylic oxidation sites excluding steroid dienone is 1. The molecule has 12 atom stereocenters. The first-order valence-corrected chi connectivity index (χ1v) is 13.2. The van der Waals surface area contributed by atoms with Gasteiger partial charge in [-0.1, -0.05) is 32.4 Å². The zero-order chi connectivity index (χ0) is 26.6. The topological polar surface area (TPSA) is 143 Å². The van der Waals surface area contributed by atoms with Crippen LogP contribution in [0.4, 0.5) is 0 Å². The van der Waals surface area contributed by atoms with Crippen LogP contribution in [0.5, 0.6) is 0 Å². The molecule has 4 aliphatic rings. The van der Waals surface area contributed by atoms with Gasteiger partial charge in [-0.05, 0) is 62.2 Å². The van der Waals surface area contributed by atoms with Gasteiger partial charge in [0.25, 0.3) is 0 Å². The van der Waals surface area contributed by atoms with Crippen LogP contribution in [-0.2, 0) is 23.8 Å². The normalized spacial score (nSPS) is 48.4. The molecule has 10 unspecified atom stereocenters. The molecule has 1 heterocycles. The number of rotatable bonds is 9. The lowest BCUT2D eigenvalue weighted by molar-refractivity contribution is -0.297. The second-order valence-corrected chi connectivity index (χ2v) is 11.8. The van der Waals surface area contributed by atoms with Gasteiger partial charge in [-0.2, -0.15) is 0 Å². The van der Waals surface area contributed by atoms with Crippen molar-refractivity contribution in [2.75, 3.05) is 13.7 Å². The van der Waals surface area contributed by atoms with Crippen molar-refractivity contribution in [2.45, 2.75) is 90.2 Å². The quantitative estimate of drug-likeness (QED) is 0.270. The van der Waals surface area contributed by atoms with Crippen LogP contribution < -0.4 is 0 Å². The number of aliphatic carboxylic acids is 1. The molecule has 2 bridgehead atoms. The molecule has 1 aliphatic heterocycles. The van der Waals surface area contributed by atoms with E-state index in [0.717, 1.165) is 11.9 Å². The summed E-state index contributed by atoms with van der Waals surface area (Å²) in [4.78, 5) is 25.8. The zero-order valence-electron chi connectivity index (χ0n) is 21.9. The molecule has 204 valence electrons. The summed E-state index contributed by atoms with van der Waals surface area (Å²) in [7, 11) is 1.44. The molecule has 3 fully saturated rings. The predicted octanol–water partition coefficient (Wildman–Crippen LogP) is 1.77. The van der Waals surface area contributed by atoms with Gasteiger partial charge >= 0.3 is 5.97 Å². The Bertz CT molecular complexity index is 873. The van der Waals surface area contributed by atoms with Gasteiger partial charge in [0.05, 0.1) is 18.8 Å². The molecular weight excluding hydrogens is 468 g/mol. The molecular formula is C27H42O9. The van der Waals surface area contributed by atoms with Gasteiger partial charge in [0.15, 0.2) is 6.29 Å². The number of aliphatic hydroxyl groups is 3. The molecule has 3 aliphatic carbocycles. The van der Waals surface area contributed by atoms with E-state index in [4.69, 9.17) is 14.2 Å². The van der Waals surface area contributed by atoms with Crippen molar-refractivity contribution < 1.29 is 44.2 Å². The maximum absolute atomic E-state index is 12.9. The maximum Gasteiger partial charge on any atom is 0.314 e. The maximum atomic E-state index is 12.9. The van der Waals surface area contributed by atoms with Crippen LogP contribution >= 0.6 is 0 Å². The smallest absolute Gasteiger partial charge is 0.314 e. The average Bonchev–Trinajstić information content (AvgIpc) is 3.47. The van der Waals surface area contributed by atoms with E-state index in [9.17, 15) is 30.0 Å². The number of aldehydes is 1. The highest BCUT2D eigenvalue weighted by atomic mass is 16.7. The van der Waals surface area contributed by atoms with Crippen molar-refractivity contribution in [3.8, 4) is 0 Å². The van der Waals surface area contributed by atoms with E-state index < -0.39 is 53.6 Å². The summed E-state index contributed by atoms with van der Waals surface area (Å²) in [6.45, 7) is 7.79. The number of carboxylic acids is 1. The van der Waals surface area contributed by atoms with Crippen LogP contribution in [0.15, 0.2) is 11.6 Å². The largest absolute Gasteiger partial charge is 0.481 e. The molecule has 9 nitrogen and oxygen atoms in total. The van der Waals surface area contributed by atoms with Gasteiger partial charge in [-0.3, -0.25) is 4.79 Å². The second kappa shape index (κ2) is 10.1. The van der Waals surface area contributed by atoms with Crippen molar-refractivity contribution in [1.82, 2.24) is 0 Å². The molecule has 0 aromatic rings. The lowest BCUT2D eigenvalue weighted by Crippen LogP contribution is -2.58. The minimum absolute atomic E-state index is 0.00513. The number of carboxylic acid groups (broad SMARTS) is 1. The molecule has 0 aromatic heterocycles. The number of carbonyl (C=O) groups excluding carboxylic acids is 1. The summed E-state index contributed by atoms with van der Waals surface area (Å²) in [6.07, 6.45) is -0.593. The zero-order valence-corrected chi connectivity index (χ0v) is 21.9. The van der Waals surface area contributed by atoms with Crippen molar-refractivity contribution in [3.63, 3.8) is 0 Å². The van der Waals surface area contributed by atoms with Gasteiger partial charge in [-0.15, -0.1) is 0 Å². The van der Waals surface area contributed by atoms with Crippen LogP contribution in [0.3, 0.4) is 0 Å². The highest BCUT2D eigenvalue weighted by Crippen LogP contribution is 2.70. The Hall–Kier alpha value is -1.36. The average molecular weight is 511 g/mol. The Morgan fingerprint density at radius 3 is 2.50 bits per heavy atom. The van der Waals surface area contributed by atoms with Gasteiger partial charge < -0.3 is 39.4 Å². The van der Waals surface area contributed by atoms with Gasteiger partial charge in [0.2, 0.25) is 0 Å². The van der Waals surface area contributed by atoms with Crippen molar-refractivity contribution >= 4 is 12.3 Å². The van der Waals surface area contributed by atoms with Crippen LogP contribution in [0.1, 0.15) is 53.4 Å². The summed E-state index contributed by atoms with van der Waals surface area (Å²) in [6, 6.07) is 0. The molecule has 0 spiro atoms. The third kappa shape index (κ3) is 3.98. The fourth-order valence-corrected chi connectivity index (χ4v) is 8.11. The van der Waals surface area contributed by atoms with E-state index in [1.165, 1.54) is 7.11 Å². The third-order valence-electron chi connectivity index (χ3n) is 9.81. The molecule has 0 aromatic carbocycles. The van der Waals surface area contributed by atoms with Crippen molar-refractivity contribution in [1.29, 1.82) is 0 Å². The van der Waals surface area contributed by atoms with Gasteiger partial charge in [0.1, 0.15) is 30.0 Å². The lowest BCUT2D eigenvalue weighted by Gasteiger charge is -2.48. The molecule has 0 radical (unpaired) electrons. The Balaban J connectivity index is 1.55. The first kappa shape index (κ1) is 27.7. The second-order valence-electron chi connectivity index (χ2n) is 11.8. The standard InChI is InChI=1S/C27H42O9/c1-13(2)18-8-16-10-26(12-28,27(18,11-16)25(32)33)19-9-20(29)14(3)17(19)6-7-35-24-22(31)21(30)23(34-5)15(4)36-24/h8,12-17,19-24,29-31H,6-7,9-11H2,1-5H3,(H,32,33)/t14?,15?,16-,17?,19?,20?,21?,22?,23?,24?,26?,27+/m0/s1. The van der Waals surface area contributed by atoms with E-state index in [-0.39, 0.29) is 36.2 Å². The van der Waals surface area contributed by atoms with Crippen LogP contribution in [0.2, 0.25) is 0 Å². The van der Waals surface area contributed by atoms with Gasteiger partial charge in [-0.25, -0.2) is 0 Å². The van der Waals surface area contributed by atoms with E-state index in [0.29, 0.717) is 25.7 Å².